The first-order valence-electron chi connectivity index (χ1n) is 6.86. The molecule has 104 valence electrons. The summed E-state index contributed by atoms with van der Waals surface area (Å²) in [6, 6.07) is 7.52. The van der Waals surface area contributed by atoms with Crippen LogP contribution in [0.4, 0.5) is 0 Å². The van der Waals surface area contributed by atoms with E-state index in [1.165, 1.54) is 12.8 Å². The van der Waals surface area contributed by atoms with Gasteiger partial charge in [-0.2, -0.15) is 0 Å². The Balaban J connectivity index is 1.92. The molecule has 1 atom stereocenters. The summed E-state index contributed by atoms with van der Waals surface area (Å²) in [7, 11) is 0. The lowest BCUT2D eigenvalue weighted by molar-refractivity contribution is -0.128. The third-order valence-corrected chi connectivity index (χ3v) is 3.52. The second-order valence-corrected chi connectivity index (χ2v) is 5.02. The molecule has 0 radical (unpaired) electrons. The Kier molecular flexibility index (Phi) is 4.80. The number of aliphatic hydroxyl groups is 1. The Hall–Kier alpha value is -1.55. The van der Waals surface area contributed by atoms with Crippen molar-refractivity contribution >= 4 is 5.91 Å². The Bertz CT molecular complexity index is 427. The summed E-state index contributed by atoms with van der Waals surface area (Å²) < 4.78 is 5.64. The van der Waals surface area contributed by atoms with E-state index in [0.29, 0.717) is 17.4 Å². The van der Waals surface area contributed by atoms with Crippen molar-refractivity contribution in [2.24, 2.45) is 0 Å². The molecule has 2 N–H and O–H groups in total. The number of hydrogen-bond donors (Lipinski definition) is 2. The minimum Gasteiger partial charge on any atom is -0.481 e. The standard InChI is InChI=1S/C15H21NO3/c1-11(15(18)16-13-7-3-4-8-13)19-14-9-5-2-6-12(14)10-17/h2,5-6,9,11,13,17H,3-4,7-8,10H2,1H3,(H,16,18). The maximum absolute atomic E-state index is 12.0. The molecular weight excluding hydrogens is 242 g/mol. The predicted molar refractivity (Wildman–Crippen MR) is 72.9 cm³/mol. The summed E-state index contributed by atoms with van der Waals surface area (Å²) >= 11 is 0. The van der Waals surface area contributed by atoms with Crippen molar-refractivity contribution in [2.75, 3.05) is 0 Å². The highest BCUT2D eigenvalue weighted by Crippen LogP contribution is 2.20. The lowest BCUT2D eigenvalue weighted by atomic mass is 10.2. The van der Waals surface area contributed by atoms with Gasteiger partial charge in [-0.3, -0.25) is 4.79 Å². The highest BCUT2D eigenvalue weighted by molar-refractivity contribution is 5.81. The lowest BCUT2D eigenvalue weighted by Gasteiger charge is -2.19. The van der Waals surface area contributed by atoms with Crippen LogP contribution in [0.1, 0.15) is 38.2 Å². The molecule has 1 unspecified atom stereocenters. The minimum absolute atomic E-state index is 0.0837. The van der Waals surface area contributed by atoms with Crippen molar-refractivity contribution in [3.63, 3.8) is 0 Å². The molecule has 0 spiro atoms. The smallest absolute Gasteiger partial charge is 0.260 e. The topological polar surface area (TPSA) is 58.6 Å². The third kappa shape index (κ3) is 3.70. The number of ether oxygens (including phenoxy) is 1. The number of rotatable bonds is 5. The van der Waals surface area contributed by atoms with E-state index in [1.54, 1.807) is 19.1 Å². The van der Waals surface area contributed by atoms with E-state index in [-0.39, 0.29) is 12.5 Å². The molecule has 0 aliphatic heterocycles. The first kappa shape index (κ1) is 13.9. The van der Waals surface area contributed by atoms with Gasteiger partial charge in [-0.15, -0.1) is 0 Å². The van der Waals surface area contributed by atoms with Gasteiger partial charge in [0.1, 0.15) is 5.75 Å². The number of amides is 1. The van der Waals surface area contributed by atoms with Gasteiger partial charge >= 0.3 is 0 Å². The zero-order chi connectivity index (χ0) is 13.7. The maximum Gasteiger partial charge on any atom is 0.260 e. The zero-order valence-corrected chi connectivity index (χ0v) is 11.3. The van der Waals surface area contributed by atoms with Crippen LogP contribution in [0.15, 0.2) is 24.3 Å². The molecular formula is C15H21NO3. The molecule has 0 heterocycles. The molecule has 1 aromatic carbocycles. The number of nitrogens with one attached hydrogen (secondary N) is 1. The molecule has 2 rings (SSSR count). The average Bonchev–Trinajstić information content (AvgIpc) is 2.92. The van der Waals surface area contributed by atoms with Crippen LogP contribution in [-0.4, -0.2) is 23.2 Å². The molecule has 1 saturated carbocycles. The minimum atomic E-state index is -0.548. The lowest BCUT2D eigenvalue weighted by Crippen LogP contribution is -2.41. The second-order valence-electron chi connectivity index (χ2n) is 5.02. The van der Waals surface area contributed by atoms with Crippen LogP contribution >= 0.6 is 0 Å². The molecule has 4 nitrogen and oxygen atoms in total. The van der Waals surface area contributed by atoms with Crippen molar-refractivity contribution in [1.29, 1.82) is 0 Å². The molecule has 1 amide bonds. The van der Waals surface area contributed by atoms with E-state index in [9.17, 15) is 9.90 Å². The summed E-state index contributed by atoms with van der Waals surface area (Å²) in [4.78, 5) is 12.0. The molecule has 1 aromatic rings. The van der Waals surface area contributed by atoms with Gasteiger partial charge in [0.05, 0.1) is 6.61 Å². The Morgan fingerprint density at radius 3 is 2.79 bits per heavy atom. The van der Waals surface area contributed by atoms with E-state index in [4.69, 9.17) is 4.74 Å². The van der Waals surface area contributed by atoms with Gasteiger partial charge in [0.2, 0.25) is 0 Å². The quantitative estimate of drug-likeness (QED) is 0.854. The zero-order valence-electron chi connectivity index (χ0n) is 11.3. The molecule has 1 fully saturated rings. The van der Waals surface area contributed by atoms with E-state index in [2.05, 4.69) is 5.32 Å². The third-order valence-electron chi connectivity index (χ3n) is 3.52. The van der Waals surface area contributed by atoms with Gasteiger partial charge < -0.3 is 15.2 Å². The van der Waals surface area contributed by atoms with Crippen LogP contribution < -0.4 is 10.1 Å². The van der Waals surface area contributed by atoms with Crippen LogP contribution in [-0.2, 0) is 11.4 Å². The highest BCUT2D eigenvalue weighted by Gasteiger charge is 2.22. The van der Waals surface area contributed by atoms with Crippen molar-refractivity contribution in [2.45, 2.75) is 51.4 Å². The van der Waals surface area contributed by atoms with Gasteiger partial charge in [-0.1, -0.05) is 31.0 Å². The van der Waals surface area contributed by atoms with Gasteiger partial charge in [0, 0.05) is 11.6 Å². The van der Waals surface area contributed by atoms with E-state index >= 15 is 0 Å². The van der Waals surface area contributed by atoms with E-state index < -0.39 is 6.10 Å². The number of hydrogen-bond acceptors (Lipinski definition) is 3. The largest absolute Gasteiger partial charge is 0.481 e. The maximum atomic E-state index is 12.0. The van der Waals surface area contributed by atoms with Crippen LogP contribution in [0.5, 0.6) is 5.75 Å². The van der Waals surface area contributed by atoms with Gasteiger partial charge in [-0.05, 0) is 25.8 Å². The summed E-state index contributed by atoms with van der Waals surface area (Å²) in [6.45, 7) is 1.64. The molecule has 1 aliphatic carbocycles. The number of aliphatic hydroxyl groups excluding tert-OH is 1. The summed E-state index contributed by atoms with van der Waals surface area (Å²) in [5, 5.41) is 12.2. The Morgan fingerprint density at radius 2 is 2.11 bits per heavy atom. The Morgan fingerprint density at radius 1 is 1.42 bits per heavy atom. The van der Waals surface area contributed by atoms with Crippen LogP contribution in [0, 0.1) is 0 Å². The average molecular weight is 263 g/mol. The van der Waals surface area contributed by atoms with E-state index in [1.807, 2.05) is 12.1 Å². The van der Waals surface area contributed by atoms with Crippen LogP contribution in [0.25, 0.3) is 0 Å². The van der Waals surface area contributed by atoms with Gasteiger partial charge in [-0.25, -0.2) is 0 Å². The predicted octanol–water partition coefficient (Wildman–Crippen LogP) is 2.00. The number of carbonyl (C=O) groups excluding carboxylic acids is 1. The number of carbonyl (C=O) groups is 1. The number of benzene rings is 1. The van der Waals surface area contributed by atoms with Crippen molar-refractivity contribution < 1.29 is 14.6 Å². The van der Waals surface area contributed by atoms with Crippen molar-refractivity contribution in [1.82, 2.24) is 5.32 Å². The Labute approximate surface area is 113 Å². The monoisotopic (exact) mass is 263 g/mol. The molecule has 19 heavy (non-hydrogen) atoms. The molecule has 0 aromatic heterocycles. The SMILES string of the molecule is CC(Oc1ccccc1CO)C(=O)NC1CCCC1. The fraction of sp³-hybridized carbons (Fsp3) is 0.533. The summed E-state index contributed by atoms with van der Waals surface area (Å²) in [6.07, 6.45) is 3.95. The fourth-order valence-electron chi connectivity index (χ4n) is 2.38. The molecule has 0 bridgehead atoms. The summed E-state index contributed by atoms with van der Waals surface area (Å²) in [5.41, 5.74) is 0.697. The number of para-hydroxylation sites is 1. The van der Waals surface area contributed by atoms with Gasteiger partial charge in [0.25, 0.3) is 5.91 Å². The highest BCUT2D eigenvalue weighted by atomic mass is 16.5. The van der Waals surface area contributed by atoms with Gasteiger partial charge in [0.15, 0.2) is 6.10 Å². The normalized spacial score (nSPS) is 17.2. The first-order valence-corrected chi connectivity index (χ1v) is 6.86. The summed E-state index contributed by atoms with van der Waals surface area (Å²) in [5.74, 6) is 0.485. The molecule has 0 saturated heterocycles. The van der Waals surface area contributed by atoms with E-state index in [0.717, 1.165) is 12.8 Å². The fourth-order valence-corrected chi connectivity index (χ4v) is 2.38. The molecule has 4 heteroatoms. The molecule has 1 aliphatic rings. The van der Waals surface area contributed by atoms with Crippen LogP contribution in [0.3, 0.4) is 0 Å². The van der Waals surface area contributed by atoms with Crippen LogP contribution in [0.2, 0.25) is 0 Å². The van der Waals surface area contributed by atoms with Crippen molar-refractivity contribution in [3.05, 3.63) is 29.8 Å². The first-order chi connectivity index (χ1) is 9.20. The second kappa shape index (κ2) is 6.57. The van der Waals surface area contributed by atoms with Crippen molar-refractivity contribution in [3.8, 4) is 5.75 Å².